The minimum Gasteiger partial charge on any atom is -0.495 e. The maximum absolute atomic E-state index is 15.3. The van der Waals surface area contributed by atoms with Crippen LogP contribution in [0.5, 0.6) is 17.2 Å². The summed E-state index contributed by atoms with van der Waals surface area (Å²) >= 11 is 0. The molecule has 3 fully saturated rings. The molecule has 0 spiro atoms. The normalized spacial score (nSPS) is 19.9. The van der Waals surface area contributed by atoms with Crippen LogP contribution in [0.1, 0.15) is 31.2 Å². The molecule has 4 heterocycles. The maximum atomic E-state index is 15.3. The van der Waals surface area contributed by atoms with E-state index in [0.29, 0.717) is 47.3 Å². The van der Waals surface area contributed by atoms with Crippen LogP contribution in [0.3, 0.4) is 0 Å². The Balaban J connectivity index is 1.17. The van der Waals surface area contributed by atoms with Gasteiger partial charge in [0.2, 0.25) is 5.91 Å². The molecule has 3 aliphatic heterocycles. The van der Waals surface area contributed by atoms with Gasteiger partial charge in [0.05, 0.1) is 30.7 Å². The molecular weight excluding hydrogens is 589 g/mol. The molecule has 46 heavy (non-hydrogen) atoms. The second-order valence-electron chi connectivity index (χ2n) is 11.6. The van der Waals surface area contributed by atoms with E-state index in [1.807, 2.05) is 6.07 Å². The van der Waals surface area contributed by atoms with Crippen molar-refractivity contribution in [3.8, 4) is 17.2 Å². The first-order chi connectivity index (χ1) is 22.3. The van der Waals surface area contributed by atoms with E-state index in [0.717, 1.165) is 44.6 Å². The monoisotopic (exact) mass is 627 g/mol. The molecule has 0 radical (unpaired) electrons. The molecule has 1 aromatic heterocycles. The van der Waals surface area contributed by atoms with Gasteiger partial charge in [-0.1, -0.05) is 6.58 Å². The lowest BCUT2D eigenvalue weighted by Crippen LogP contribution is -2.43. The Bertz CT molecular complexity index is 1640. The fraction of sp³-hybridized carbons (Fsp3) is 0.353. The van der Waals surface area contributed by atoms with Crippen LogP contribution in [0.25, 0.3) is 0 Å². The number of morpholine rings is 1. The lowest BCUT2D eigenvalue weighted by molar-refractivity contribution is -0.126. The smallest absolute Gasteiger partial charge is 0.245 e. The van der Waals surface area contributed by atoms with Gasteiger partial charge in [0.1, 0.15) is 34.6 Å². The first kappa shape index (κ1) is 31.0. The molecule has 2 atom stereocenters. The number of hydrogen-bond acceptors (Lipinski definition) is 9. The number of benzene rings is 2. The number of pyridine rings is 1. The number of nitrogens with one attached hydrogen (secondary N) is 1. The van der Waals surface area contributed by atoms with E-state index in [9.17, 15) is 4.79 Å². The molecule has 6 rings (SSSR count). The van der Waals surface area contributed by atoms with Crippen molar-refractivity contribution >= 4 is 41.3 Å². The second kappa shape index (κ2) is 13.6. The fourth-order valence-electron chi connectivity index (χ4n) is 6.19. The molecule has 3 N–H and O–H groups in total. The average Bonchev–Trinajstić information content (AvgIpc) is 3.42. The Morgan fingerprint density at radius 2 is 1.83 bits per heavy atom. The highest BCUT2D eigenvalue weighted by Gasteiger charge is 2.34. The summed E-state index contributed by atoms with van der Waals surface area (Å²) in [5, 5.41) is 3.50. The number of ether oxygens (including phenoxy) is 3. The molecule has 12 heteroatoms. The summed E-state index contributed by atoms with van der Waals surface area (Å²) in [6.07, 6.45) is 7.12. The fourth-order valence-corrected chi connectivity index (χ4v) is 6.19. The number of nitrogens with zero attached hydrogens (tertiary/aromatic N) is 5. The number of halogens is 1. The third-order valence-corrected chi connectivity index (χ3v) is 8.59. The molecule has 3 aromatic rings. The van der Waals surface area contributed by atoms with Crippen LogP contribution in [0.2, 0.25) is 0 Å². The average molecular weight is 628 g/mol. The number of amidine groups is 1. The van der Waals surface area contributed by atoms with Crippen LogP contribution in [0.4, 0.5) is 27.3 Å². The zero-order valence-electron chi connectivity index (χ0n) is 25.8. The number of aromatic nitrogens is 1. The maximum Gasteiger partial charge on any atom is 0.245 e. The van der Waals surface area contributed by atoms with Gasteiger partial charge in [0, 0.05) is 62.2 Å². The second-order valence-corrected chi connectivity index (χ2v) is 11.6. The summed E-state index contributed by atoms with van der Waals surface area (Å²) in [5.74, 6) is 1.62. The molecule has 3 aliphatic rings. The number of anilines is 2. The van der Waals surface area contributed by atoms with Gasteiger partial charge in [0.15, 0.2) is 5.82 Å². The minimum atomic E-state index is -0.597. The Labute approximate surface area is 267 Å². The Morgan fingerprint density at radius 3 is 2.50 bits per heavy atom. The first-order valence-corrected chi connectivity index (χ1v) is 15.4. The van der Waals surface area contributed by atoms with E-state index in [2.05, 4.69) is 38.5 Å². The summed E-state index contributed by atoms with van der Waals surface area (Å²) in [6, 6.07) is 11.6. The molecule has 2 aromatic carbocycles. The number of piperidine rings is 1. The molecule has 11 nitrogen and oxygen atoms in total. The van der Waals surface area contributed by atoms with Crippen LogP contribution in [-0.2, 0) is 9.53 Å². The number of methoxy groups -OCH3 is 1. The highest BCUT2D eigenvalue weighted by molar-refractivity contribution is 6.04. The SMILES string of the molecule is C=CC(=O)N1CCC(Nc2cc(C(N)=Nc3ccc(Oc4ccnc(N5CC6CCC(C5)O6)c4)cc3F)c(N=C)cc2OC)CC1. The summed E-state index contributed by atoms with van der Waals surface area (Å²) in [5.41, 5.74) is 8.07. The van der Waals surface area contributed by atoms with Crippen molar-refractivity contribution in [1.29, 1.82) is 0 Å². The molecule has 0 aliphatic carbocycles. The summed E-state index contributed by atoms with van der Waals surface area (Å²) in [7, 11) is 1.56. The number of likely N-dealkylation sites (tertiary alicyclic amines) is 1. The van der Waals surface area contributed by atoms with Gasteiger partial charge in [-0.3, -0.25) is 9.79 Å². The van der Waals surface area contributed by atoms with E-state index in [1.165, 1.54) is 18.2 Å². The predicted molar refractivity (Wildman–Crippen MR) is 177 cm³/mol. The third kappa shape index (κ3) is 6.81. The number of fused-ring (bicyclic) bond motifs is 2. The van der Waals surface area contributed by atoms with E-state index >= 15 is 4.39 Å². The van der Waals surface area contributed by atoms with Gasteiger partial charge in [-0.15, -0.1) is 0 Å². The molecule has 1 amide bonds. The molecule has 2 unspecified atom stereocenters. The highest BCUT2D eigenvalue weighted by atomic mass is 19.1. The zero-order valence-corrected chi connectivity index (χ0v) is 25.8. The van der Waals surface area contributed by atoms with Crippen molar-refractivity contribution in [2.24, 2.45) is 15.7 Å². The van der Waals surface area contributed by atoms with Gasteiger partial charge in [-0.2, -0.15) is 0 Å². The van der Waals surface area contributed by atoms with Crippen molar-refractivity contribution in [3.63, 3.8) is 0 Å². The van der Waals surface area contributed by atoms with E-state index in [4.69, 9.17) is 19.9 Å². The van der Waals surface area contributed by atoms with Crippen LogP contribution in [0.15, 0.2) is 71.3 Å². The van der Waals surface area contributed by atoms with Gasteiger partial charge in [-0.25, -0.2) is 14.4 Å². The van der Waals surface area contributed by atoms with Gasteiger partial charge >= 0.3 is 0 Å². The predicted octanol–water partition coefficient (Wildman–Crippen LogP) is 5.35. The minimum absolute atomic E-state index is 0.0451. The van der Waals surface area contributed by atoms with Crippen molar-refractivity contribution in [1.82, 2.24) is 9.88 Å². The standard InChI is InChI=1S/C34H38FN7O4/c1-4-33(43)41-13-10-21(11-14-41)39-30-17-26(29(37-2)18-31(30)44-3)34(36)40-28-8-7-22(15-27(28)35)45-23-9-12-38-32(16-23)42-19-24-5-6-25(20-42)46-24/h4,7-9,12,15-18,21,24-25,39H,1-2,5-6,10-11,13-14,19-20H2,3H3,(H2,36,40). The molecule has 0 saturated carbocycles. The summed E-state index contributed by atoms with van der Waals surface area (Å²) in [4.78, 5) is 29.0. The van der Waals surface area contributed by atoms with E-state index in [-0.39, 0.29) is 35.7 Å². The largest absolute Gasteiger partial charge is 0.495 e. The van der Waals surface area contributed by atoms with Gasteiger partial charge in [-0.05, 0) is 62.7 Å². The topological polar surface area (TPSA) is 127 Å². The summed E-state index contributed by atoms with van der Waals surface area (Å²) < 4.78 is 32.8. The first-order valence-electron chi connectivity index (χ1n) is 15.4. The lowest BCUT2D eigenvalue weighted by atomic mass is 10.0. The summed E-state index contributed by atoms with van der Waals surface area (Å²) in [6.45, 7) is 10.1. The number of hydrogen-bond donors (Lipinski definition) is 2. The Morgan fingerprint density at radius 1 is 1.09 bits per heavy atom. The van der Waals surface area contributed by atoms with Crippen molar-refractivity contribution in [2.45, 2.75) is 43.9 Å². The molecular formula is C34H38FN7O4. The van der Waals surface area contributed by atoms with Crippen molar-refractivity contribution in [3.05, 3.63) is 72.7 Å². The molecule has 2 bridgehead atoms. The number of rotatable bonds is 10. The Hall–Kier alpha value is -4.97. The lowest BCUT2D eigenvalue weighted by Gasteiger charge is -2.33. The zero-order chi connectivity index (χ0) is 32.2. The Kier molecular flexibility index (Phi) is 9.16. The van der Waals surface area contributed by atoms with Crippen LogP contribution < -0.4 is 25.4 Å². The van der Waals surface area contributed by atoms with E-state index < -0.39 is 5.82 Å². The van der Waals surface area contributed by atoms with Crippen molar-refractivity contribution in [2.75, 3.05) is 43.5 Å². The quantitative estimate of drug-likeness (QED) is 0.175. The molecule has 240 valence electrons. The van der Waals surface area contributed by atoms with Crippen LogP contribution >= 0.6 is 0 Å². The number of carbonyl (C=O) groups excluding carboxylic acids is 1. The number of aliphatic imine (C=N–C) groups is 2. The van der Waals surface area contributed by atoms with Gasteiger partial charge in [0.25, 0.3) is 0 Å². The molecule has 3 saturated heterocycles. The van der Waals surface area contributed by atoms with E-state index in [1.54, 1.807) is 42.5 Å². The van der Waals surface area contributed by atoms with Crippen LogP contribution in [0, 0.1) is 5.82 Å². The number of nitrogens with two attached hydrogens (primary N) is 1. The van der Waals surface area contributed by atoms with Gasteiger partial charge < -0.3 is 35.1 Å². The third-order valence-electron chi connectivity index (χ3n) is 8.59. The number of amides is 1. The van der Waals surface area contributed by atoms with Crippen molar-refractivity contribution < 1.29 is 23.4 Å². The highest BCUT2D eigenvalue weighted by Crippen LogP contribution is 2.36. The number of carbonyl (C=O) groups is 1. The van der Waals surface area contributed by atoms with Crippen LogP contribution in [-0.4, -0.2) is 79.9 Å².